The average molecular weight is 925 g/mol. The second kappa shape index (κ2) is 29.0. The third-order valence-electron chi connectivity index (χ3n) is 11.3. The van der Waals surface area contributed by atoms with Crippen molar-refractivity contribution in [2.75, 3.05) is 7.05 Å². The van der Waals surface area contributed by atoms with Crippen molar-refractivity contribution in [3.05, 3.63) is 12.2 Å². The van der Waals surface area contributed by atoms with Gasteiger partial charge in [0.15, 0.2) is 0 Å². The summed E-state index contributed by atoms with van der Waals surface area (Å²) in [6.45, 7) is 14.2. The van der Waals surface area contributed by atoms with E-state index in [2.05, 4.69) is 42.5 Å². The highest BCUT2D eigenvalue weighted by molar-refractivity contribution is 5.99. The molecule has 1 aliphatic rings. The molecule has 0 saturated heterocycles. The summed E-state index contributed by atoms with van der Waals surface area (Å²) in [5, 5.41) is 38.1. The minimum absolute atomic E-state index is 0.0376. The van der Waals surface area contributed by atoms with Crippen molar-refractivity contribution < 1.29 is 58.2 Å². The second-order valence-corrected chi connectivity index (χ2v) is 17.2. The van der Waals surface area contributed by atoms with Crippen LogP contribution in [0.5, 0.6) is 0 Å². The average Bonchev–Trinajstić information content (AvgIpc) is 3.24. The van der Waals surface area contributed by atoms with Gasteiger partial charge in [-0.05, 0) is 90.9 Å². The number of amides is 9. The predicted molar refractivity (Wildman–Crippen MR) is 241 cm³/mol. The number of carboxylic acid groups (broad SMARTS) is 1. The third-order valence-corrected chi connectivity index (χ3v) is 11.3. The molecule has 0 aromatic heterocycles. The molecule has 0 aromatic carbocycles. The lowest BCUT2D eigenvalue weighted by molar-refractivity contribution is -0.139. The second-order valence-electron chi connectivity index (χ2n) is 17.2. The van der Waals surface area contributed by atoms with Crippen LogP contribution in [0.3, 0.4) is 0 Å². The van der Waals surface area contributed by atoms with Crippen LogP contribution in [-0.4, -0.2) is 130 Å². The summed E-state index contributed by atoms with van der Waals surface area (Å²) < 4.78 is 0. The van der Waals surface area contributed by atoms with Crippen LogP contribution in [0, 0.1) is 11.8 Å². The van der Waals surface area contributed by atoms with Gasteiger partial charge in [0.1, 0.15) is 47.3 Å². The number of aliphatic hydroxyl groups excluding tert-OH is 1. The van der Waals surface area contributed by atoms with Gasteiger partial charge in [-0.3, -0.25) is 47.9 Å². The smallest absolute Gasteiger partial charge is 0.290 e. The zero-order chi connectivity index (χ0) is 50.2. The summed E-state index contributed by atoms with van der Waals surface area (Å²) in [6, 6.07) is -7.19. The van der Waals surface area contributed by atoms with E-state index in [9.17, 15) is 48.3 Å². The molecule has 22 nitrogen and oxygen atoms in total. The summed E-state index contributed by atoms with van der Waals surface area (Å²) >= 11 is 0. The maximum atomic E-state index is 14.1. The summed E-state index contributed by atoms with van der Waals surface area (Å²) in [5.74, 6) is -7.00. The van der Waals surface area contributed by atoms with Gasteiger partial charge in [0.25, 0.3) is 6.47 Å². The largest absolute Gasteiger partial charge is 0.483 e. The molecule has 0 fully saturated rings. The Kier molecular flexibility index (Phi) is 26.5. The predicted octanol–water partition coefficient (Wildman–Crippen LogP) is -1.38. The monoisotopic (exact) mass is 925 g/mol. The van der Waals surface area contributed by atoms with E-state index in [1.807, 2.05) is 19.1 Å². The van der Waals surface area contributed by atoms with Crippen molar-refractivity contribution >= 4 is 59.6 Å². The summed E-state index contributed by atoms with van der Waals surface area (Å²) in [7, 11) is 1.46. The van der Waals surface area contributed by atoms with E-state index in [-0.39, 0.29) is 44.5 Å². The maximum Gasteiger partial charge on any atom is 0.290 e. The van der Waals surface area contributed by atoms with Gasteiger partial charge in [-0.15, -0.1) is 0 Å². The van der Waals surface area contributed by atoms with Crippen LogP contribution in [0.25, 0.3) is 0 Å². The molecule has 0 saturated carbocycles. The van der Waals surface area contributed by atoms with Gasteiger partial charge in [-0.1, -0.05) is 53.2 Å². The molecule has 10 atom stereocenters. The molecule has 0 bridgehead atoms. The standard InChI is InChI=1S/C42H74N10O10.CH2O2/c1-11-24(5)32-38(60)47-27(12-2)34(56)51-42(9,40(62)50-31(23(3)4)37(59)45-10)22-18-16-14-13-15-17-21-41(8,39(61)46-25(6)33(55)49-32)52-35(57)28(19-20-29(43)54)48-36(58)30(44)26(7)53;2-1-3/h13-14,23-28,30-32,53H,11-12,15-22,44H2,1-10H3,(H2,43,54)(H,45,59)(H,46,61)(H,47,60)(H,48,58)(H,49,55)(H,50,62)(H,51,56)(H,52,57);1H,(H,2,3)/b14-13+;. The first kappa shape index (κ1) is 59.4. The summed E-state index contributed by atoms with van der Waals surface area (Å²) in [6.07, 6.45) is 4.34. The van der Waals surface area contributed by atoms with Crippen molar-refractivity contribution in [1.29, 1.82) is 0 Å². The van der Waals surface area contributed by atoms with Gasteiger partial charge < -0.3 is 64.2 Å². The number of aliphatic hydroxyl groups is 1. The van der Waals surface area contributed by atoms with E-state index in [0.717, 1.165) is 0 Å². The van der Waals surface area contributed by atoms with Crippen molar-refractivity contribution in [1.82, 2.24) is 42.5 Å². The number of hydrogen-bond acceptors (Lipinski definition) is 12. The lowest BCUT2D eigenvalue weighted by Crippen LogP contribution is -2.65. The van der Waals surface area contributed by atoms with E-state index in [1.165, 1.54) is 27.8 Å². The highest BCUT2D eigenvalue weighted by atomic mass is 16.3. The molecular weight excluding hydrogens is 849 g/mol. The Hall–Kier alpha value is -5.64. The molecule has 9 amide bonds. The van der Waals surface area contributed by atoms with E-state index < -0.39 is 113 Å². The summed E-state index contributed by atoms with van der Waals surface area (Å²) in [5.41, 5.74) is 7.91. The molecule has 1 rings (SSSR count). The topological polar surface area (TPSA) is 359 Å². The number of primary amides is 1. The van der Waals surface area contributed by atoms with Crippen LogP contribution in [0.1, 0.15) is 127 Å². The van der Waals surface area contributed by atoms with Gasteiger partial charge in [0.05, 0.1) is 6.10 Å². The fourth-order valence-electron chi connectivity index (χ4n) is 6.62. The van der Waals surface area contributed by atoms with Crippen molar-refractivity contribution in [2.24, 2.45) is 23.3 Å². The first-order chi connectivity index (χ1) is 30.3. The molecule has 0 spiro atoms. The van der Waals surface area contributed by atoms with Crippen LogP contribution >= 0.6 is 0 Å². The van der Waals surface area contributed by atoms with Crippen LogP contribution in [0.4, 0.5) is 0 Å². The van der Waals surface area contributed by atoms with Gasteiger partial charge in [-0.25, -0.2) is 0 Å². The maximum absolute atomic E-state index is 14.1. The molecule has 10 unspecified atom stereocenters. The molecule has 0 aliphatic carbocycles. The number of allylic oxidation sites excluding steroid dienone is 2. The van der Waals surface area contributed by atoms with E-state index >= 15 is 0 Å². The number of hydrogen-bond donors (Lipinski definition) is 12. The molecular formula is C43H76N10O12. The Morgan fingerprint density at radius 2 is 1.45 bits per heavy atom. The Balaban J connectivity index is 0.0000132. The first-order valence-corrected chi connectivity index (χ1v) is 22.1. The fraction of sp³-hybridized carbons (Fsp3) is 0.721. The minimum Gasteiger partial charge on any atom is -0.483 e. The molecule has 0 aromatic rings. The molecule has 0 radical (unpaired) electrons. The Bertz CT molecular complexity index is 1680. The number of likely N-dealkylation sites (N-methyl/N-ethyl adjacent to an activating group) is 1. The number of rotatable bonds is 15. The normalized spacial score (nSPS) is 25.5. The van der Waals surface area contributed by atoms with E-state index in [0.29, 0.717) is 32.1 Å². The van der Waals surface area contributed by atoms with Crippen molar-refractivity contribution in [3.63, 3.8) is 0 Å². The zero-order valence-corrected chi connectivity index (χ0v) is 39.6. The molecule has 370 valence electrons. The quantitative estimate of drug-likeness (QED) is 0.0667. The van der Waals surface area contributed by atoms with Crippen LogP contribution in [-0.2, 0) is 47.9 Å². The highest BCUT2D eigenvalue weighted by Gasteiger charge is 2.41. The number of nitrogens with two attached hydrogens (primary N) is 2. The van der Waals surface area contributed by atoms with Crippen LogP contribution < -0.4 is 54.0 Å². The van der Waals surface area contributed by atoms with Crippen molar-refractivity contribution in [2.45, 2.75) is 180 Å². The zero-order valence-electron chi connectivity index (χ0n) is 39.6. The third kappa shape index (κ3) is 20.0. The SMILES string of the molecule is CCC1NC(=O)C(C(C)CC)NC(=O)C(C)NC(=O)C(C)(NC(=O)C(CCC(N)=O)NC(=O)C(N)C(C)O)CCC/C=C/CCCC(C)(C(=O)NC(C(=O)NC)C(C)C)NC1=O.O=CO. The molecule has 1 aliphatic heterocycles. The van der Waals surface area contributed by atoms with Gasteiger partial charge in [0, 0.05) is 13.5 Å². The lowest BCUT2D eigenvalue weighted by atomic mass is 9.91. The number of carbonyl (C=O) groups is 10. The fourth-order valence-corrected chi connectivity index (χ4v) is 6.62. The molecule has 1 heterocycles. The van der Waals surface area contributed by atoms with Crippen LogP contribution in [0.2, 0.25) is 0 Å². The Morgan fingerprint density at radius 1 is 0.877 bits per heavy atom. The van der Waals surface area contributed by atoms with Gasteiger partial charge >= 0.3 is 0 Å². The minimum atomic E-state index is -1.69. The number of nitrogens with one attached hydrogen (secondary N) is 8. The van der Waals surface area contributed by atoms with E-state index in [1.54, 1.807) is 34.6 Å². The lowest BCUT2D eigenvalue weighted by Gasteiger charge is -2.34. The highest BCUT2D eigenvalue weighted by Crippen LogP contribution is 2.20. The Morgan fingerprint density at radius 3 is 1.94 bits per heavy atom. The van der Waals surface area contributed by atoms with Gasteiger partial charge in [-0.2, -0.15) is 0 Å². The molecule has 22 heteroatoms. The molecule has 14 N–H and O–H groups in total. The summed E-state index contributed by atoms with van der Waals surface area (Å²) in [4.78, 5) is 129. The Labute approximate surface area is 382 Å². The van der Waals surface area contributed by atoms with E-state index in [4.69, 9.17) is 21.4 Å². The van der Waals surface area contributed by atoms with Crippen LogP contribution in [0.15, 0.2) is 12.2 Å². The van der Waals surface area contributed by atoms with Crippen molar-refractivity contribution in [3.8, 4) is 0 Å². The van der Waals surface area contributed by atoms with Gasteiger partial charge in [0.2, 0.25) is 53.2 Å². The first-order valence-electron chi connectivity index (χ1n) is 22.1. The molecule has 65 heavy (non-hydrogen) atoms. The number of carbonyl (C=O) groups excluding carboxylic acids is 9.